The van der Waals surface area contributed by atoms with Crippen LogP contribution in [-0.2, 0) is 14.3 Å². The number of hydrogen-bond acceptors (Lipinski definition) is 5. The first-order valence-electron chi connectivity index (χ1n) is 3.53. The van der Waals surface area contributed by atoms with Crippen LogP contribution in [0.15, 0.2) is 25.3 Å². The summed E-state index contributed by atoms with van der Waals surface area (Å²) >= 11 is 0. The molecule has 0 amide bonds. The number of carbonyl (C=O) groups is 1. The van der Waals surface area contributed by atoms with Gasteiger partial charge in [0.1, 0.15) is 6.61 Å². The molecule has 0 bridgehead atoms. The average molecular weight is 188 g/mol. The fourth-order valence-electron chi connectivity index (χ4n) is 0.494. The zero-order valence-electron chi connectivity index (χ0n) is 7.05. The molecule has 5 heteroatoms. The summed E-state index contributed by atoms with van der Waals surface area (Å²) in [5.74, 6) is -0.669. The normalized spacial score (nSPS) is 12.2. The van der Waals surface area contributed by atoms with Gasteiger partial charge in [0.05, 0.1) is 0 Å². The molecule has 0 aliphatic carbocycles. The van der Waals surface area contributed by atoms with E-state index in [1.54, 1.807) is 0 Å². The second-order valence-corrected chi connectivity index (χ2v) is 2.06. The van der Waals surface area contributed by atoms with Crippen molar-refractivity contribution in [1.82, 2.24) is 0 Å². The number of ether oxygens (including phenoxy) is 2. The van der Waals surface area contributed by atoms with Crippen molar-refractivity contribution in [3.05, 3.63) is 25.3 Å². The first kappa shape index (κ1) is 11.8. The number of aliphatic hydroxyl groups is 2. The van der Waals surface area contributed by atoms with E-state index in [1.165, 1.54) is 6.08 Å². The molecule has 0 saturated heterocycles. The van der Waals surface area contributed by atoms with E-state index in [1.807, 2.05) is 0 Å². The van der Waals surface area contributed by atoms with Crippen molar-refractivity contribution < 1.29 is 24.5 Å². The van der Waals surface area contributed by atoms with Crippen LogP contribution in [0.5, 0.6) is 0 Å². The lowest BCUT2D eigenvalue weighted by atomic mass is 10.5. The van der Waals surface area contributed by atoms with Crippen molar-refractivity contribution >= 4 is 5.97 Å². The molecular weight excluding hydrogens is 176 g/mol. The Bertz CT molecular complexity index is 187. The van der Waals surface area contributed by atoms with Crippen molar-refractivity contribution in [3.8, 4) is 0 Å². The molecule has 0 fully saturated rings. The third kappa shape index (κ3) is 6.03. The minimum absolute atomic E-state index is 0.360. The molecule has 0 radical (unpaired) electrons. The van der Waals surface area contributed by atoms with E-state index in [9.17, 15) is 4.79 Å². The molecule has 13 heavy (non-hydrogen) atoms. The standard InChI is InChI=1S/C8H12O5/c1-3-7(11)13-8(4-2)12-5-6(9)10/h3-4,6,8-10H,1-2,5H2. The van der Waals surface area contributed by atoms with Gasteiger partial charge in [-0.05, 0) is 6.08 Å². The summed E-state index contributed by atoms with van der Waals surface area (Å²) in [7, 11) is 0. The minimum Gasteiger partial charge on any atom is -0.429 e. The molecule has 0 saturated carbocycles. The lowest BCUT2D eigenvalue weighted by Crippen LogP contribution is -2.23. The summed E-state index contributed by atoms with van der Waals surface area (Å²) in [6, 6.07) is 0. The molecule has 1 unspecified atom stereocenters. The SMILES string of the molecule is C=CC(=O)OC(C=C)OCC(O)O. The maximum atomic E-state index is 10.6. The highest BCUT2D eigenvalue weighted by atomic mass is 16.7. The Morgan fingerprint density at radius 1 is 1.46 bits per heavy atom. The van der Waals surface area contributed by atoms with Crippen LogP contribution in [0.4, 0.5) is 0 Å². The first-order chi connectivity index (χ1) is 6.10. The molecule has 74 valence electrons. The van der Waals surface area contributed by atoms with Gasteiger partial charge in [-0.1, -0.05) is 13.2 Å². The summed E-state index contributed by atoms with van der Waals surface area (Å²) in [5.41, 5.74) is 0. The van der Waals surface area contributed by atoms with Gasteiger partial charge in [-0.15, -0.1) is 0 Å². The molecule has 0 aliphatic rings. The van der Waals surface area contributed by atoms with Crippen LogP contribution in [-0.4, -0.2) is 35.4 Å². The highest BCUT2D eigenvalue weighted by Crippen LogP contribution is 1.98. The predicted octanol–water partition coefficient (Wildman–Crippen LogP) is -0.445. The Kier molecular flexibility index (Phi) is 5.79. The van der Waals surface area contributed by atoms with Crippen LogP contribution in [0.3, 0.4) is 0 Å². The maximum absolute atomic E-state index is 10.6. The maximum Gasteiger partial charge on any atom is 0.332 e. The minimum atomic E-state index is -1.61. The van der Waals surface area contributed by atoms with E-state index in [0.717, 1.165) is 6.08 Å². The molecule has 1 atom stereocenters. The molecule has 0 aromatic rings. The van der Waals surface area contributed by atoms with Gasteiger partial charge < -0.3 is 19.7 Å². The molecule has 0 rings (SSSR count). The van der Waals surface area contributed by atoms with Gasteiger partial charge in [0.15, 0.2) is 6.29 Å². The predicted molar refractivity (Wildman–Crippen MR) is 44.5 cm³/mol. The quantitative estimate of drug-likeness (QED) is 0.255. The molecule has 5 nitrogen and oxygen atoms in total. The van der Waals surface area contributed by atoms with Gasteiger partial charge in [0, 0.05) is 6.08 Å². The van der Waals surface area contributed by atoms with Crippen LogP contribution in [0.1, 0.15) is 0 Å². The molecule has 0 aromatic carbocycles. The number of esters is 1. The number of aliphatic hydroxyl groups excluding tert-OH is 1. The third-order valence-electron chi connectivity index (χ3n) is 1.00. The Morgan fingerprint density at radius 3 is 2.46 bits per heavy atom. The molecule has 0 spiro atoms. The highest BCUT2D eigenvalue weighted by molar-refractivity contribution is 5.81. The van der Waals surface area contributed by atoms with Crippen LogP contribution >= 0.6 is 0 Å². The van der Waals surface area contributed by atoms with E-state index in [-0.39, 0.29) is 6.61 Å². The average Bonchev–Trinajstić information content (AvgIpc) is 2.11. The van der Waals surface area contributed by atoms with Crippen molar-refractivity contribution in [1.29, 1.82) is 0 Å². The van der Waals surface area contributed by atoms with E-state index >= 15 is 0 Å². The zero-order valence-corrected chi connectivity index (χ0v) is 7.05. The monoisotopic (exact) mass is 188 g/mol. The second-order valence-electron chi connectivity index (χ2n) is 2.06. The van der Waals surface area contributed by atoms with Gasteiger partial charge in [-0.25, -0.2) is 4.79 Å². The Hall–Kier alpha value is -1.17. The van der Waals surface area contributed by atoms with Crippen LogP contribution < -0.4 is 0 Å². The zero-order chi connectivity index (χ0) is 10.3. The molecule has 0 aliphatic heterocycles. The van der Waals surface area contributed by atoms with Crippen molar-refractivity contribution in [2.75, 3.05) is 6.61 Å². The highest BCUT2D eigenvalue weighted by Gasteiger charge is 2.09. The molecule has 2 N–H and O–H groups in total. The van der Waals surface area contributed by atoms with Gasteiger partial charge >= 0.3 is 5.97 Å². The number of carbonyl (C=O) groups excluding carboxylic acids is 1. The van der Waals surface area contributed by atoms with Gasteiger partial charge in [-0.2, -0.15) is 0 Å². The second kappa shape index (κ2) is 6.36. The summed E-state index contributed by atoms with van der Waals surface area (Å²) in [6.07, 6.45) is -0.420. The van der Waals surface area contributed by atoms with E-state index in [4.69, 9.17) is 14.9 Å². The van der Waals surface area contributed by atoms with Crippen LogP contribution in [0.25, 0.3) is 0 Å². The summed E-state index contributed by atoms with van der Waals surface area (Å²) in [4.78, 5) is 10.6. The van der Waals surface area contributed by atoms with Crippen molar-refractivity contribution in [2.24, 2.45) is 0 Å². The van der Waals surface area contributed by atoms with Gasteiger partial charge in [-0.3, -0.25) is 0 Å². The van der Waals surface area contributed by atoms with Crippen molar-refractivity contribution in [3.63, 3.8) is 0 Å². The topological polar surface area (TPSA) is 76.0 Å². The fourth-order valence-corrected chi connectivity index (χ4v) is 0.494. The number of hydrogen-bond donors (Lipinski definition) is 2. The summed E-state index contributed by atoms with van der Waals surface area (Å²) < 4.78 is 9.30. The van der Waals surface area contributed by atoms with E-state index in [2.05, 4.69) is 17.9 Å². The summed E-state index contributed by atoms with van der Waals surface area (Å²) in [5, 5.41) is 16.8. The van der Waals surface area contributed by atoms with Gasteiger partial charge in [0.2, 0.25) is 6.29 Å². The molecular formula is C8H12O5. The van der Waals surface area contributed by atoms with Crippen LogP contribution in [0, 0.1) is 0 Å². The smallest absolute Gasteiger partial charge is 0.332 e. The van der Waals surface area contributed by atoms with Crippen LogP contribution in [0.2, 0.25) is 0 Å². The fraction of sp³-hybridized carbons (Fsp3) is 0.375. The Labute approximate surface area is 75.9 Å². The lowest BCUT2D eigenvalue weighted by Gasteiger charge is -2.13. The Balaban J connectivity index is 3.82. The van der Waals surface area contributed by atoms with Gasteiger partial charge in [0.25, 0.3) is 0 Å². The largest absolute Gasteiger partial charge is 0.429 e. The summed E-state index contributed by atoms with van der Waals surface area (Å²) in [6.45, 7) is 6.15. The third-order valence-corrected chi connectivity index (χ3v) is 1.00. The molecule has 0 aromatic heterocycles. The van der Waals surface area contributed by atoms with E-state index < -0.39 is 18.5 Å². The van der Waals surface area contributed by atoms with Crippen molar-refractivity contribution in [2.45, 2.75) is 12.6 Å². The number of rotatable bonds is 6. The first-order valence-corrected chi connectivity index (χ1v) is 3.53. The molecule has 0 heterocycles. The van der Waals surface area contributed by atoms with E-state index in [0.29, 0.717) is 0 Å². The lowest BCUT2D eigenvalue weighted by molar-refractivity contribution is -0.180. The Morgan fingerprint density at radius 2 is 2.08 bits per heavy atom.